The normalized spacial score (nSPS) is 10.5. The number of aromatic nitrogens is 2. The van der Waals surface area contributed by atoms with E-state index < -0.39 is 5.91 Å². The number of nitrogens with two attached hydrogens (primary N) is 1. The lowest BCUT2D eigenvalue weighted by Crippen LogP contribution is -2.14. The number of benzene rings is 2. The second-order valence-electron chi connectivity index (χ2n) is 6.08. The minimum Gasteiger partial charge on any atom is -0.493 e. The highest BCUT2D eigenvalue weighted by Gasteiger charge is 2.15. The molecule has 0 aliphatic heterocycles. The van der Waals surface area contributed by atoms with E-state index in [-0.39, 0.29) is 18.9 Å². The second-order valence-corrected chi connectivity index (χ2v) is 6.52. The van der Waals surface area contributed by atoms with Gasteiger partial charge in [-0.2, -0.15) is 5.10 Å². The van der Waals surface area contributed by atoms with Crippen molar-refractivity contribution in [3.63, 3.8) is 0 Å². The predicted octanol–water partition coefficient (Wildman–Crippen LogP) is 3.34. The quantitative estimate of drug-likeness (QED) is 0.637. The fraction of sp³-hybridized carbons (Fsp3) is 0.150. The topological polar surface area (TPSA) is 99.2 Å². The molecule has 3 aromatic rings. The smallest absolute Gasteiger partial charge is 0.259 e. The average Bonchev–Trinajstić information content (AvgIpc) is 3.04. The number of carbonyl (C=O) groups excluding carboxylic acids is 2. The Morgan fingerprint density at radius 1 is 1.21 bits per heavy atom. The Kier molecular flexibility index (Phi) is 5.96. The molecule has 2 aromatic carbocycles. The van der Waals surface area contributed by atoms with E-state index >= 15 is 0 Å². The van der Waals surface area contributed by atoms with Gasteiger partial charge in [0.05, 0.1) is 36.2 Å². The number of nitrogens with one attached hydrogen (secondary N) is 1. The largest absolute Gasteiger partial charge is 0.493 e. The van der Waals surface area contributed by atoms with E-state index in [1.165, 1.54) is 6.20 Å². The number of hydrogen-bond acceptors (Lipinski definition) is 4. The SMILES string of the molecule is Cc1c(C(=O)Nc2ccc(OCCC(N)=O)cc2)cnn1-c1cccc(Cl)c1. The van der Waals surface area contributed by atoms with Gasteiger partial charge in [0.2, 0.25) is 5.91 Å². The summed E-state index contributed by atoms with van der Waals surface area (Å²) in [6.45, 7) is 2.03. The molecule has 3 rings (SSSR count). The molecular formula is C20H19ClN4O3. The fourth-order valence-corrected chi connectivity index (χ4v) is 2.79. The summed E-state index contributed by atoms with van der Waals surface area (Å²) in [4.78, 5) is 23.3. The summed E-state index contributed by atoms with van der Waals surface area (Å²) in [5, 5.41) is 7.71. The van der Waals surface area contributed by atoms with Crippen molar-refractivity contribution in [1.29, 1.82) is 0 Å². The summed E-state index contributed by atoms with van der Waals surface area (Å²) < 4.78 is 7.07. The van der Waals surface area contributed by atoms with Gasteiger partial charge in [0, 0.05) is 10.7 Å². The highest BCUT2D eigenvalue weighted by atomic mass is 35.5. The van der Waals surface area contributed by atoms with Crippen molar-refractivity contribution >= 4 is 29.1 Å². The van der Waals surface area contributed by atoms with Crippen molar-refractivity contribution in [2.75, 3.05) is 11.9 Å². The van der Waals surface area contributed by atoms with E-state index in [4.69, 9.17) is 22.1 Å². The number of carbonyl (C=O) groups is 2. The third kappa shape index (κ3) is 4.69. The zero-order chi connectivity index (χ0) is 20.1. The highest BCUT2D eigenvalue weighted by molar-refractivity contribution is 6.30. The number of halogens is 1. The van der Waals surface area contributed by atoms with E-state index in [1.54, 1.807) is 41.1 Å². The molecule has 0 radical (unpaired) electrons. The zero-order valence-corrected chi connectivity index (χ0v) is 15.9. The molecule has 8 heteroatoms. The lowest BCUT2D eigenvalue weighted by Gasteiger charge is -2.08. The highest BCUT2D eigenvalue weighted by Crippen LogP contribution is 2.20. The first kappa shape index (κ1) is 19.4. The Labute approximate surface area is 167 Å². The van der Waals surface area contributed by atoms with Crippen LogP contribution in [0, 0.1) is 6.92 Å². The summed E-state index contributed by atoms with van der Waals surface area (Å²) in [6.07, 6.45) is 1.67. The van der Waals surface area contributed by atoms with Gasteiger partial charge in [0.25, 0.3) is 5.91 Å². The summed E-state index contributed by atoms with van der Waals surface area (Å²) in [5.74, 6) is -0.102. The summed E-state index contributed by atoms with van der Waals surface area (Å²) in [7, 11) is 0. The van der Waals surface area contributed by atoms with Gasteiger partial charge in [-0.25, -0.2) is 4.68 Å². The number of amides is 2. The van der Waals surface area contributed by atoms with Crippen LogP contribution in [-0.2, 0) is 4.79 Å². The monoisotopic (exact) mass is 398 g/mol. The van der Waals surface area contributed by atoms with Crippen molar-refractivity contribution in [2.24, 2.45) is 5.73 Å². The Balaban J connectivity index is 1.67. The molecule has 0 bridgehead atoms. The van der Waals surface area contributed by atoms with Crippen molar-refractivity contribution in [1.82, 2.24) is 9.78 Å². The molecule has 2 amide bonds. The lowest BCUT2D eigenvalue weighted by atomic mass is 10.2. The van der Waals surface area contributed by atoms with Crippen LogP contribution in [0.5, 0.6) is 5.75 Å². The standard InChI is InChI=1S/C20H19ClN4O3/c1-13-18(12-23-25(13)16-4-2-3-14(21)11-16)20(27)24-15-5-7-17(8-6-15)28-10-9-19(22)26/h2-8,11-12H,9-10H2,1H3,(H2,22,26)(H,24,27). The fourth-order valence-electron chi connectivity index (χ4n) is 2.60. The summed E-state index contributed by atoms with van der Waals surface area (Å²) in [6, 6.07) is 14.1. The van der Waals surface area contributed by atoms with Gasteiger partial charge >= 0.3 is 0 Å². The van der Waals surface area contributed by atoms with Crippen LogP contribution in [0.3, 0.4) is 0 Å². The van der Waals surface area contributed by atoms with Crippen molar-refractivity contribution in [3.05, 3.63) is 71.0 Å². The molecule has 0 aliphatic carbocycles. The van der Waals surface area contributed by atoms with Crippen molar-refractivity contribution < 1.29 is 14.3 Å². The Bertz CT molecular complexity index is 999. The van der Waals surface area contributed by atoms with Crippen LogP contribution in [0.2, 0.25) is 5.02 Å². The molecule has 144 valence electrons. The van der Waals surface area contributed by atoms with Gasteiger partial charge in [-0.1, -0.05) is 17.7 Å². The average molecular weight is 399 g/mol. The van der Waals surface area contributed by atoms with Crippen LogP contribution in [0.1, 0.15) is 22.5 Å². The number of rotatable bonds is 7. The van der Waals surface area contributed by atoms with Crippen LogP contribution in [0.25, 0.3) is 5.69 Å². The summed E-state index contributed by atoms with van der Waals surface area (Å²) in [5.41, 5.74) is 7.62. The molecule has 0 fully saturated rings. The van der Waals surface area contributed by atoms with Gasteiger partial charge in [0.1, 0.15) is 5.75 Å². The summed E-state index contributed by atoms with van der Waals surface area (Å²) >= 11 is 6.03. The second kappa shape index (κ2) is 8.58. The number of hydrogen-bond donors (Lipinski definition) is 2. The van der Waals surface area contributed by atoms with Crippen LogP contribution < -0.4 is 15.8 Å². The first-order valence-corrected chi connectivity index (χ1v) is 8.95. The molecule has 0 saturated carbocycles. The maximum atomic E-state index is 12.6. The maximum Gasteiger partial charge on any atom is 0.259 e. The number of primary amides is 1. The van der Waals surface area contributed by atoms with Gasteiger partial charge in [-0.05, 0) is 49.4 Å². The maximum absolute atomic E-state index is 12.6. The van der Waals surface area contributed by atoms with Gasteiger partial charge in [-0.3, -0.25) is 9.59 Å². The molecule has 1 aromatic heterocycles. The van der Waals surface area contributed by atoms with Crippen LogP contribution in [0.15, 0.2) is 54.7 Å². The molecule has 0 atom stereocenters. The minimum atomic E-state index is -0.419. The molecule has 0 aliphatic rings. The molecule has 7 nitrogen and oxygen atoms in total. The molecular weight excluding hydrogens is 380 g/mol. The predicted molar refractivity (Wildman–Crippen MR) is 107 cm³/mol. The molecule has 1 heterocycles. The van der Waals surface area contributed by atoms with Crippen LogP contribution >= 0.6 is 11.6 Å². The zero-order valence-electron chi connectivity index (χ0n) is 15.2. The third-order valence-electron chi connectivity index (χ3n) is 4.04. The van der Waals surface area contributed by atoms with E-state index in [9.17, 15) is 9.59 Å². The van der Waals surface area contributed by atoms with Gasteiger partial charge in [-0.15, -0.1) is 0 Å². The van der Waals surface area contributed by atoms with Crippen LogP contribution in [-0.4, -0.2) is 28.2 Å². The lowest BCUT2D eigenvalue weighted by molar-refractivity contribution is -0.118. The van der Waals surface area contributed by atoms with Crippen molar-refractivity contribution in [2.45, 2.75) is 13.3 Å². The Morgan fingerprint density at radius 3 is 2.64 bits per heavy atom. The third-order valence-corrected chi connectivity index (χ3v) is 4.27. The molecule has 28 heavy (non-hydrogen) atoms. The van der Waals surface area contributed by atoms with Crippen molar-refractivity contribution in [3.8, 4) is 11.4 Å². The number of nitrogens with zero attached hydrogens (tertiary/aromatic N) is 2. The molecule has 0 saturated heterocycles. The minimum absolute atomic E-state index is 0.147. The first-order chi connectivity index (χ1) is 13.4. The Morgan fingerprint density at radius 2 is 1.96 bits per heavy atom. The van der Waals surface area contributed by atoms with Gasteiger partial charge < -0.3 is 15.8 Å². The molecule has 0 spiro atoms. The van der Waals surface area contributed by atoms with E-state index in [0.717, 1.165) is 5.69 Å². The molecule has 0 unspecified atom stereocenters. The van der Waals surface area contributed by atoms with E-state index in [0.29, 0.717) is 27.7 Å². The number of ether oxygens (including phenoxy) is 1. The van der Waals surface area contributed by atoms with Gasteiger partial charge in [0.15, 0.2) is 0 Å². The molecule has 3 N–H and O–H groups in total. The first-order valence-electron chi connectivity index (χ1n) is 8.57. The Hall–Kier alpha value is -3.32. The van der Waals surface area contributed by atoms with E-state index in [2.05, 4.69) is 10.4 Å². The van der Waals surface area contributed by atoms with E-state index in [1.807, 2.05) is 19.1 Å². The number of anilines is 1. The van der Waals surface area contributed by atoms with Crippen LogP contribution in [0.4, 0.5) is 5.69 Å².